The number of ether oxygens (including phenoxy) is 1. The normalized spacial score (nSPS) is 12.4. The van der Waals surface area contributed by atoms with Crippen LogP contribution in [0.2, 0.25) is 0 Å². The minimum Gasteiger partial charge on any atom is -0.465 e. The Morgan fingerprint density at radius 1 is 1.32 bits per heavy atom. The lowest BCUT2D eigenvalue weighted by Gasteiger charge is -2.11. The molecule has 3 rings (SSSR count). The van der Waals surface area contributed by atoms with Gasteiger partial charge in [0.05, 0.1) is 12.7 Å². The predicted octanol–water partition coefficient (Wildman–Crippen LogP) is 3.01. The van der Waals surface area contributed by atoms with Gasteiger partial charge in [0.15, 0.2) is 15.5 Å². The number of hydrogen-bond acceptors (Lipinski definition) is 6. The quantitative estimate of drug-likeness (QED) is 0.381. The number of fused-ring (bicyclic) bond motifs is 1. The van der Waals surface area contributed by atoms with E-state index < -0.39 is 11.9 Å². The number of thiocarbonyl (C=S) groups is 1. The highest BCUT2D eigenvalue weighted by Gasteiger charge is 2.27. The standard InChI is InChI=1S/C15H14BrN3O4S2/c1-22-14(21)11-7-3-2-4-9(7)25-13(11)17-15(24)19-18-12(20)8-5-6-10(16)23-8/h5-6H,2-4H2,1H3,(H,18,20)(H2,17,19,24). The van der Waals surface area contributed by atoms with Crippen LogP contribution in [0.25, 0.3) is 0 Å². The van der Waals surface area contributed by atoms with Gasteiger partial charge in [-0.05, 0) is 65.1 Å². The lowest BCUT2D eigenvalue weighted by molar-refractivity contribution is 0.0601. The van der Waals surface area contributed by atoms with Crippen molar-refractivity contribution in [1.29, 1.82) is 0 Å². The van der Waals surface area contributed by atoms with Crippen LogP contribution >= 0.6 is 39.5 Å². The van der Waals surface area contributed by atoms with Crippen molar-refractivity contribution in [2.45, 2.75) is 19.3 Å². The number of carbonyl (C=O) groups is 2. The third-order valence-electron chi connectivity index (χ3n) is 3.62. The van der Waals surface area contributed by atoms with Crippen LogP contribution in [0, 0.1) is 0 Å². The minimum atomic E-state index is -0.475. The molecule has 25 heavy (non-hydrogen) atoms. The van der Waals surface area contributed by atoms with E-state index in [1.165, 1.54) is 24.5 Å². The Kier molecular flexibility index (Phi) is 5.40. The molecule has 2 aromatic rings. The van der Waals surface area contributed by atoms with Crippen molar-refractivity contribution in [2.75, 3.05) is 12.4 Å². The van der Waals surface area contributed by atoms with Crippen LogP contribution in [-0.4, -0.2) is 24.1 Å². The van der Waals surface area contributed by atoms with Gasteiger partial charge in [0, 0.05) is 4.88 Å². The van der Waals surface area contributed by atoms with Crippen LogP contribution in [0.4, 0.5) is 5.00 Å². The molecule has 1 amide bonds. The highest BCUT2D eigenvalue weighted by Crippen LogP contribution is 2.39. The third-order valence-corrected chi connectivity index (χ3v) is 5.46. The summed E-state index contributed by atoms with van der Waals surface area (Å²) in [5.41, 5.74) is 6.55. The zero-order valence-electron chi connectivity index (χ0n) is 13.1. The summed E-state index contributed by atoms with van der Waals surface area (Å²) in [5.74, 6) is -0.738. The molecule has 132 valence electrons. The van der Waals surface area contributed by atoms with Crippen molar-refractivity contribution in [3.05, 3.63) is 38.6 Å². The van der Waals surface area contributed by atoms with Gasteiger partial charge >= 0.3 is 11.9 Å². The van der Waals surface area contributed by atoms with Crippen molar-refractivity contribution in [3.63, 3.8) is 0 Å². The number of furan rings is 1. The fourth-order valence-electron chi connectivity index (χ4n) is 2.56. The Morgan fingerprint density at radius 2 is 2.12 bits per heavy atom. The second-order valence-corrected chi connectivity index (χ2v) is 7.49. The zero-order valence-corrected chi connectivity index (χ0v) is 16.3. The maximum Gasteiger partial charge on any atom is 0.341 e. The first-order valence-electron chi connectivity index (χ1n) is 7.35. The van der Waals surface area contributed by atoms with Crippen molar-refractivity contribution in [3.8, 4) is 0 Å². The molecule has 3 N–H and O–H groups in total. The van der Waals surface area contributed by atoms with E-state index in [1.807, 2.05) is 0 Å². The maximum absolute atomic E-state index is 12.1. The summed E-state index contributed by atoms with van der Waals surface area (Å²) in [4.78, 5) is 25.1. The van der Waals surface area contributed by atoms with Crippen molar-refractivity contribution >= 4 is 61.5 Å². The largest absolute Gasteiger partial charge is 0.465 e. The molecule has 2 heterocycles. The third kappa shape index (κ3) is 3.86. The summed E-state index contributed by atoms with van der Waals surface area (Å²) in [6, 6.07) is 3.14. The van der Waals surface area contributed by atoms with E-state index >= 15 is 0 Å². The number of aryl methyl sites for hydroxylation is 1. The van der Waals surface area contributed by atoms with Gasteiger partial charge in [-0.2, -0.15) is 0 Å². The summed E-state index contributed by atoms with van der Waals surface area (Å²) in [6.07, 6.45) is 2.82. The first kappa shape index (κ1) is 17.9. The Balaban J connectivity index is 1.65. The number of esters is 1. The molecule has 0 aliphatic heterocycles. The van der Waals surface area contributed by atoms with Crippen molar-refractivity contribution in [2.24, 2.45) is 0 Å². The average molecular weight is 444 g/mol. The number of anilines is 1. The molecule has 0 spiro atoms. The number of amides is 1. The van der Waals surface area contributed by atoms with E-state index in [9.17, 15) is 9.59 Å². The van der Waals surface area contributed by atoms with Gasteiger partial charge in [0.25, 0.3) is 0 Å². The van der Waals surface area contributed by atoms with Gasteiger partial charge in [0.2, 0.25) is 0 Å². The van der Waals surface area contributed by atoms with Crippen LogP contribution in [0.1, 0.15) is 37.8 Å². The number of halogens is 1. The Morgan fingerprint density at radius 3 is 2.80 bits per heavy atom. The first-order valence-corrected chi connectivity index (χ1v) is 9.37. The van der Waals surface area contributed by atoms with E-state index in [2.05, 4.69) is 32.1 Å². The molecule has 7 nitrogen and oxygen atoms in total. The number of rotatable bonds is 3. The van der Waals surface area contributed by atoms with Crippen LogP contribution in [0.5, 0.6) is 0 Å². The maximum atomic E-state index is 12.1. The molecule has 2 aromatic heterocycles. The summed E-state index contributed by atoms with van der Waals surface area (Å²) >= 11 is 9.78. The molecule has 0 bridgehead atoms. The van der Waals surface area contributed by atoms with Crippen LogP contribution in [-0.2, 0) is 17.6 Å². The van der Waals surface area contributed by atoms with Gasteiger partial charge in [-0.1, -0.05) is 0 Å². The van der Waals surface area contributed by atoms with E-state index in [0.717, 1.165) is 29.7 Å². The molecular formula is C15H14BrN3O4S2. The first-order chi connectivity index (χ1) is 12.0. The van der Waals surface area contributed by atoms with Gasteiger partial charge in [-0.3, -0.25) is 15.6 Å². The lowest BCUT2D eigenvalue weighted by Crippen LogP contribution is -2.43. The van der Waals surface area contributed by atoms with E-state index in [1.54, 1.807) is 6.07 Å². The number of methoxy groups -OCH3 is 1. The van der Waals surface area contributed by atoms with E-state index in [0.29, 0.717) is 15.2 Å². The topological polar surface area (TPSA) is 92.6 Å². The monoisotopic (exact) mass is 443 g/mol. The molecule has 0 aromatic carbocycles. The molecule has 1 aliphatic carbocycles. The highest BCUT2D eigenvalue weighted by atomic mass is 79.9. The Hall–Kier alpha value is -1.91. The summed E-state index contributed by atoms with van der Waals surface area (Å²) in [6.45, 7) is 0. The van der Waals surface area contributed by atoms with Crippen LogP contribution in [0.3, 0.4) is 0 Å². The Labute approximate surface area is 161 Å². The summed E-state index contributed by atoms with van der Waals surface area (Å²) in [7, 11) is 1.35. The number of carbonyl (C=O) groups excluding carboxylic acids is 2. The minimum absolute atomic E-state index is 0.132. The Bertz CT molecular complexity index is 846. The number of thiophene rings is 1. The van der Waals surface area contributed by atoms with Gasteiger partial charge in [0.1, 0.15) is 5.00 Å². The highest BCUT2D eigenvalue weighted by molar-refractivity contribution is 9.10. The molecule has 0 saturated heterocycles. The fourth-order valence-corrected chi connectivity index (χ4v) is 4.36. The molecule has 0 saturated carbocycles. The second kappa shape index (κ2) is 7.54. The number of hydrazine groups is 1. The SMILES string of the molecule is COC(=O)c1c(NC(=S)NNC(=O)c2ccc(Br)o2)sc2c1CCC2. The number of nitrogens with one attached hydrogen (secondary N) is 3. The van der Waals surface area contributed by atoms with Crippen LogP contribution in [0.15, 0.2) is 21.2 Å². The fraction of sp³-hybridized carbons (Fsp3) is 0.267. The molecule has 0 atom stereocenters. The molecule has 0 fully saturated rings. The predicted molar refractivity (Wildman–Crippen MR) is 101 cm³/mol. The lowest BCUT2D eigenvalue weighted by atomic mass is 10.1. The molecule has 1 aliphatic rings. The molecule has 0 radical (unpaired) electrons. The average Bonchev–Trinajstić information content (AvgIpc) is 3.27. The smallest absolute Gasteiger partial charge is 0.341 e. The second-order valence-electron chi connectivity index (χ2n) is 5.19. The summed E-state index contributed by atoms with van der Waals surface area (Å²) in [5, 5.41) is 3.72. The van der Waals surface area contributed by atoms with Gasteiger partial charge < -0.3 is 14.5 Å². The number of hydrogen-bond donors (Lipinski definition) is 3. The van der Waals surface area contributed by atoms with E-state index in [4.69, 9.17) is 21.4 Å². The molecule has 0 unspecified atom stereocenters. The van der Waals surface area contributed by atoms with Gasteiger partial charge in [-0.15, -0.1) is 11.3 Å². The molecule has 10 heteroatoms. The summed E-state index contributed by atoms with van der Waals surface area (Å²) < 4.78 is 10.5. The van der Waals surface area contributed by atoms with Gasteiger partial charge in [-0.25, -0.2) is 4.79 Å². The van der Waals surface area contributed by atoms with E-state index in [-0.39, 0.29) is 10.9 Å². The van der Waals surface area contributed by atoms with Crippen molar-refractivity contribution in [1.82, 2.24) is 10.9 Å². The van der Waals surface area contributed by atoms with Crippen LogP contribution < -0.4 is 16.2 Å². The molecular weight excluding hydrogens is 430 g/mol. The zero-order chi connectivity index (χ0) is 18.0. The van der Waals surface area contributed by atoms with Crippen molar-refractivity contribution < 1.29 is 18.7 Å².